The molecule has 2 fully saturated rings. The second kappa shape index (κ2) is 5.72. The lowest BCUT2D eigenvalue weighted by Crippen LogP contribution is -2.41. The van der Waals surface area contributed by atoms with Crippen LogP contribution in [0.15, 0.2) is 21.6 Å². The van der Waals surface area contributed by atoms with Crippen molar-refractivity contribution in [2.75, 3.05) is 0 Å². The topological polar surface area (TPSA) is 80.6 Å². The largest absolute Gasteiger partial charge is 0.447 e. The highest BCUT2D eigenvalue weighted by molar-refractivity contribution is 7.89. The minimum Gasteiger partial charge on any atom is -0.447 e. The molecule has 2 N–H and O–H groups in total. The molecular weight excluding hydrogens is 292 g/mol. The number of furan rings is 1. The highest BCUT2D eigenvalue weighted by atomic mass is 32.2. The number of fused-ring (bicyclic) bond motifs is 2. The van der Waals surface area contributed by atoms with Gasteiger partial charge in [-0.25, -0.2) is 13.1 Å². The molecule has 118 valence electrons. The standard InChI is InChI=1S/C14H22N2O4S/c1-9(2)15-8-11-4-6-14(20-11)21(17,18)16-12-7-10-3-5-13(12)19-10/h4,6,9-10,12-13,15-16H,3,5,7-8H2,1-2H3. The van der Waals surface area contributed by atoms with Gasteiger partial charge in [0.25, 0.3) is 10.0 Å². The summed E-state index contributed by atoms with van der Waals surface area (Å²) in [5.74, 6) is 0.619. The molecule has 0 amide bonds. The van der Waals surface area contributed by atoms with E-state index in [1.165, 1.54) is 6.07 Å². The quantitative estimate of drug-likeness (QED) is 0.829. The van der Waals surface area contributed by atoms with Gasteiger partial charge in [-0.05, 0) is 31.4 Å². The maximum Gasteiger partial charge on any atom is 0.274 e. The average Bonchev–Trinajstić information content (AvgIpc) is 3.12. The molecule has 0 aromatic carbocycles. The Morgan fingerprint density at radius 3 is 2.76 bits per heavy atom. The fraction of sp³-hybridized carbons (Fsp3) is 0.714. The maximum atomic E-state index is 12.3. The minimum absolute atomic E-state index is 0.0156. The summed E-state index contributed by atoms with van der Waals surface area (Å²) in [4.78, 5) is 0. The smallest absolute Gasteiger partial charge is 0.274 e. The number of hydrogen-bond acceptors (Lipinski definition) is 5. The van der Waals surface area contributed by atoms with E-state index in [0.717, 1.165) is 19.3 Å². The van der Waals surface area contributed by atoms with Gasteiger partial charge < -0.3 is 14.5 Å². The summed E-state index contributed by atoms with van der Waals surface area (Å²) in [6.07, 6.45) is 2.95. The second-order valence-electron chi connectivity index (χ2n) is 6.09. The molecule has 3 rings (SSSR count). The van der Waals surface area contributed by atoms with Crippen LogP contribution in [0.4, 0.5) is 0 Å². The lowest BCUT2D eigenvalue weighted by molar-refractivity contribution is 0.0995. The Morgan fingerprint density at radius 1 is 1.33 bits per heavy atom. The fourth-order valence-electron chi connectivity index (χ4n) is 2.92. The third kappa shape index (κ3) is 3.31. The van der Waals surface area contributed by atoms with Gasteiger partial charge in [0.05, 0.1) is 24.8 Å². The summed E-state index contributed by atoms with van der Waals surface area (Å²) in [7, 11) is -3.61. The zero-order valence-corrected chi connectivity index (χ0v) is 13.2. The Balaban J connectivity index is 1.64. The summed E-state index contributed by atoms with van der Waals surface area (Å²) in [5, 5.41) is 3.17. The van der Waals surface area contributed by atoms with Gasteiger partial charge in [-0.2, -0.15) is 0 Å². The molecule has 1 aromatic rings. The Bertz CT molecular complexity index is 596. The molecule has 2 aliphatic rings. The molecule has 0 radical (unpaired) electrons. The first-order valence-corrected chi connectivity index (χ1v) is 8.92. The first-order valence-electron chi connectivity index (χ1n) is 7.44. The Labute approximate surface area is 125 Å². The van der Waals surface area contributed by atoms with E-state index in [-0.39, 0.29) is 23.3 Å². The Morgan fingerprint density at radius 2 is 2.14 bits per heavy atom. The van der Waals surface area contributed by atoms with E-state index in [9.17, 15) is 8.42 Å². The summed E-state index contributed by atoms with van der Waals surface area (Å²) in [6, 6.07) is 3.39. The van der Waals surface area contributed by atoms with Crippen LogP contribution in [0.1, 0.15) is 38.9 Å². The Kier molecular flexibility index (Phi) is 4.09. The number of ether oxygens (including phenoxy) is 1. The first-order chi connectivity index (χ1) is 9.94. The van der Waals surface area contributed by atoms with Gasteiger partial charge >= 0.3 is 0 Å². The van der Waals surface area contributed by atoms with Crippen molar-refractivity contribution in [3.05, 3.63) is 17.9 Å². The van der Waals surface area contributed by atoms with Crippen molar-refractivity contribution < 1.29 is 17.6 Å². The number of nitrogens with one attached hydrogen (secondary N) is 2. The molecule has 3 unspecified atom stereocenters. The third-order valence-corrected chi connectivity index (χ3v) is 5.36. The fourth-order valence-corrected chi connectivity index (χ4v) is 4.15. The monoisotopic (exact) mass is 314 g/mol. The van der Waals surface area contributed by atoms with E-state index < -0.39 is 10.0 Å². The van der Waals surface area contributed by atoms with Crippen LogP contribution in [0, 0.1) is 0 Å². The van der Waals surface area contributed by atoms with E-state index in [4.69, 9.17) is 9.15 Å². The summed E-state index contributed by atoms with van der Waals surface area (Å²) in [5.41, 5.74) is 0. The van der Waals surface area contributed by atoms with Crippen molar-refractivity contribution in [2.45, 2.75) is 69.0 Å². The van der Waals surface area contributed by atoms with Crippen molar-refractivity contribution in [1.29, 1.82) is 0 Å². The predicted octanol–water partition coefficient (Wildman–Crippen LogP) is 1.38. The molecule has 0 spiro atoms. The average molecular weight is 314 g/mol. The molecule has 1 aromatic heterocycles. The van der Waals surface area contributed by atoms with Crippen molar-refractivity contribution in [3.8, 4) is 0 Å². The number of rotatable bonds is 6. The zero-order chi connectivity index (χ0) is 15.0. The van der Waals surface area contributed by atoms with Crippen molar-refractivity contribution in [2.24, 2.45) is 0 Å². The van der Waals surface area contributed by atoms with Crippen LogP contribution in [0.25, 0.3) is 0 Å². The van der Waals surface area contributed by atoms with Crippen molar-refractivity contribution >= 4 is 10.0 Å². The molecule has 6 nitrogen and oxygen atoms in total. The molecule has 21 heavy (non-hydrogen) atoms. The molecule has 3 atom stereocenters. The predicted molar refractivity (Wildman–Crippen MR) is 77.3 cm³/mol. The maximum absolute atomic E-state index is 12.3. The molecule has 0 aliphatic carbocycles. The van der Waals surface area contributed by atoms with E-state index in [1.54, 1.807) is 6.07 Å². The third-order valence-electron chi connectivity index (χ3n) is 4.00. The van der Waals surface area contributed by atoms with Gasteiger partial charge in [0.15, 0.2) is 0 Å². The molecule has 0 saturated carbocycles. The van der Waals surface area contributed by atoms with E-state index in [2.05, 4.69) is 10.0 Å². The van der Waals surface area contributed by atoms with E-state index >= 15 is 0 Å². The van der Waals surface area contributed by atoms with Crippen LogP contribution < -0.4 is 10.0 Å². The van der Waals surface area contributed by atoms with Gasteiger partial charge in [-0.1, -0.05) is 13.8 Å². The minimum atomic E-state index is -3.61. The second-order valence-corrected chi connectivity index (χ2v) is 7.74. The van der Waals surface area contributed by atoms with Crippen LogP contribution in [0.5, 0.6) is 0 Å². The van der Waals surface area contributed by atoms with Crippen LogP contribution >= 0.6 is 0 Å². The molecule has 2 saturated heterocycles. The SMILES string of the molecule is CC(C)NCc1ccc(S(=O)(=O)NC2CC3CCC2O3)o1. The van der Waals surface area contributed by atoms with E-state index in [0.29, 0.717) is 18.3 Å². The van der Waals surface area contributed by atoms with Gasteiger partial charge in [-0.3, -0.25) is 0 Å². The Hall–Kier alpha value is -0.890. The van der Waals surface area contributed by atoms with Crippen LogP contribution in [-0.2, 0) is 21.3 Å². The summed E-state index contributed by atoms with van der Waals surface area (Å²) >= 11 is 0. The highest BCUT2D eigenvalue weighted by Gasteiger charge is 2.43. The lowest BCUT2D eigenvalue weighted by Gasteiger charge is -2.19. The first kappa shape index (κ1) is 15.0. The van der Waals surface area contributed by atoms with Gasteiger partial charge in [0.1, 0.15) is 5.76 Å². The van der Waals surface area contributed by atoms with Gasteiger partial charge in [0.2, 0.25) is 5.09 Å². The van der Waals surface area contributed by atoms with Gasteiger partial charge in [-0.15, -0.1) is 0 Å². The van der Waals surface area contributed by atoms with Crippen molar-refractivity contribution in [3.63, 3.8) is 0 Å². The van der Waals surface area contributed by atoms with Crippen molar-refractivity contribution in [1.82, 2.24) is 10.0 Å². The summed E-state index contributed by atoms with van der Waals surface area (Å²) < 4.78 is 38.5. The van der Waals surface area contributed by atoms with Crippen LogP contribution in [0.3, 0.4) is 0 Å². The molecule has 7 heteroatoms. The lowest BCUT2D eigenvalue weighted by atomic mass is 9.96. The number of hydrogen-bond donors (Lipinski definition) is 2. The number of sulfonamides is 1. The van der Waals surface area contributed by atoms with Gasteiger partial charge in [0, 0.05) is 6.04 Å². The van der Waals surface area contributed by atoms with E-state index in [1.807, 2.05) is 13.8 Å². The van der Waals surface area contributed by atoms with Crippen LogP contribution in [-0.4, -0.2) is 32.7 Å². The molecule has 2 bridgehead atoms. The molecule has 2 aliphatic heterocycles. The zero-order valence-electron chi connectivity index (χ0n) is 12.3. The molecule has 3 heterocycles. The highest BCUT2D eigenvalue weighted by Crippen LogP contribution is 2.35. The summed E-state index contributed by atoms with van der Waals surface area (Å²) in [6.45, 7) is 4.57. The normalized spacial score (nSPS) is 28.6. The van der Waals surface area contributed by atoms with Crippen LogP contribution in [0.2, 0.25) is 0 Å². The molecular formula is C14H22N2O4S.